The lowest BCUT2D eigenvalue weighted by atomic mass is 9.86. The Hall–Kier alpha value is -1.50. The Morgan fingerprint density at radius 1 is 1.24 bits per heavy atom. The number of nitrogens with zero attached hydrogens (tertiary/aromatic N) is 3. The molecule has 0 atom stereocenters. The number of nitrogens with one attached hydrogen (secondary N) is 1. The number of carbonyl (C=O) groups is 1. The molecule has 1 aliphatic rings. The standard InChI is InChI=1S/C21H26Cl2N4OS/c1-2-13-27-18(12-11-15-7-4-3-5-8-15)25-26-21(27)29-14-19(28)24-20-16(22)9-6-10-17(20)23/h2,6,9-10,15H,1,3-5,7-8,11-14H2,(H,24,28). The van der Waals surface area contributed by atoms with Gasteiger partial charge in [-0.1, -0.05) is 79.2 Å². The maximum atomic E-state index is 12.4. The topological polar surface area (TPSA) is 59.8 Å². The van der Waals surface area contributed by atoms with Crippen LogP contribution in [0.5, 0.6) is 0 Å². The molecular weight excluding hydrogens is 427 g/mol. The quantitative estimate of drug-likeness (QED) is 0.373. The van der Waals surface area contributed by atoms with Crippen molar-refractivity contribution in [2.75, 3.05) is 11.1 Å². The number of halogens is 2. The minimum atomic E-state index is -0.193. The van der Waals surface area contributed by atoms with Gasteiger partial charge in [0.2, 0.25) is 5.91 Å². The summed E-state index contributed by atoms with van der Waals surface area (Å²) in [6.07, 6.45) is 10.6. The third-order valence-corrected chi connectivity index (χ3v) is 6.76. The molecule has 0 radical (unpaired) electrons. The molecule has 1 N–H and O–H groups in total. The highest BCUT2D eigenvalue weighted by Crippen LogP contribution is 2.30. The zero-order valence-corrected chi connectivity index (χ0v) is 18.7. The van der Waals surface area contributed by atoms with Crippen molar-refractivity contribution in [2.45, 2.75) is 56.6 Å². The van der Waals surface area contributed by atoms with Gasteiger partial charge in [0.05, 0.1) is 21.5 Å². The van der Waals surface area contributed by atoms with Crippen molar-refractivity contribution in [1.82, 2.24) is 14.8 Å². The second kappa shape index (κ2) is 11.0. The van der Waals surface area contributed by atoms with Gasteiger partial charge in [-0.25, -0.2) is 0 Å². The van der Waals surface area contributed by atoms with E-state index in [-0.39, 0.29) is 11.7 Å². The molecule has 0 unspecified atom stereocenters. The summed E-state index contributed by atoms with van der Waals surface area (Å²) in [4.78, 5) is 12.4. The maximum Gasteiger partial charge on any atom is 0.234 e. The van der Waals surface area contributed by atoms with Crippen LogP contribution in [0, 0.1) is 5.92 Å². The molecule has 1 aliphatic carbocycles. The largest absolute Gasteiger partial charge is 0.323 e. The number of aromatic nitrogens is 3. The van der Waals surface area contributed by atoms with E-state index in [9.17, 15) is 4.79 Å². The minimum Gasteiger partial charge on any atom is -0.323 e. The number of benzene rings is 1. The number of hydrogen-bond donors (Lipinski definition) is 1. The molecule has 2 aromatic rings. The van der Waals surface area contributed by atoms with Gasteiger partial charge in [-0.3, -0.25) is 4.79 Å². The van der Waals surface area contributed by atoms with Crippen LogP contribution in [0.1, 0.15) is 44.3 Å². The van der Waals surface area contributed by atoms with Crippen molar-refractivity contribution in [2.24, 2.45) is 5.92 Å². The molecule has 1 aromatic carbocycles. The number of hydrogen-bond acceptors (Lipinski definition) is 4. The van der Waals surface area contributed by atoms with Crippen LogP contribution in [0.4, 0.5) is 5.69 Å². The van der Waals surface area contributed by atoms with Crippen LogP contribution in [0.2, 0.25) is 10.0 Å². The summed E-state index contributed by atoms with van der Waals surface area (Å²) in [6.45, 7) is 4.48. The molecule has 0 bridgehead atoms. The Kier molecular flexibility index (Phi) is 8.45. The SMILES string of the molecule is C=CCn1c(CCC2CCCCC2)nnc1SCC(=O)Nc1c(Cl)cccc1Cl. The molecule has 29 heavy (non-hydrogen) atoms. The number of amides is 1. The zero-order valence-electron chi connectivity index (χ0n) is 16.4. The summed E-state index contributed by atoms with van der Waals surface area (Å²) in [5, 5.41) is 13.0. The van der Waals surface area contributed by atoms with Crippen LogP contribution >= 0.6 is 35.0 Å². The fourth-order valence-electron chi connectivity index (χ4n) is 3.66. The molecule has 1 saturated carbocycles. The Balaban J connectivity index is 1.59. The van der Waals surface area contributed by atoms with Crippen molar-refractivity contribution in [3.8, 4) is 0 Å². The third-order valence-electron chi connectivity index (χ3n) is 5.17. The molecule has 0 saturated heterocycles. The van der Waals surface area contributed by atoms with Gasteiger partial charge in [0.25, 0.3) is 0 Å². The highest BCUT2D eigenvalue weighted by Gasteiger charge is 2.18. The normalized spacial score (nSPS) is 14.7. The van der Waals surface area contributed by atoms with Gasteiger partial charge >= 0.3 is 0 Å². The van der Waals surface area contributed by atoms with E-state index in [0.29, 0.717) is 22.3 Å². The third kappa shape index (κ3) is 6.24. The summed E-state index contributed by atoms with van der Waals surface area (Å²) in [5.41, 5.74) is 0.433. The lowest BCUT2D eigenvalue weighted by molar-refractivity contribution is -0.113. The highest BCUT2D eigenvalue weighted by molar-refractivity contribution is 7.99. The summed E-state index contributed by atoms with van der Waals surface area (Å²) in [7, 11) is 0. The number of rotatable bonds is 9. The van der Waals surface area contributed by atoms with Gasteiger partial charge in [-0.2, -0.15) is 0 Å². The number of carbonyl (C=O) groups excluding carboxylic acids is 1. The molecule has 0 spiro atoms. The van der Waals surface area contributed by atoms with Crippen molar-refractivity contribution in [3.63, 3.8) is 0 Å². The van der Waals surface area contributed by atoms with E-state index in [2.05, 4.69) is 26.7 Å². The molecule has 1 heterocycles. The van der Waals surface area contributed by atoms with E-state index in [1.165, 1.54) is 43.9 Å². The smallest absolute Gasteiger partial charge is 0.234 e. The summed E-state index contributed by atoms with van der Waals surface area (Å²) in [6, 6.07) is 5.12. The van der Waals surface area contributed by atoms with E-state index in [1.807, 2.05) is 6.08 Å². The van der Waals surface area contributed by atoms with Crippen LogP contribution in [0.3, 0.4) is 0 Å². The van der Waals surface area contributed by atoms with Crippen LogP contribution in [0.15, 0.2) is 36.0 Å². The van der Waals surface area contributed by atoms with E-state index in [4.69, 9.17) is 23.2 Å². The van der Waals surface area contributed by atoms with Crippen LogP contribution in [-0.2, 0) is 17.8 Å². The lowest BCUT2D eigenvalue weighted by Gasteiger charge is -2.21. The zero-order chi connectivity index (χ0) is 20.6. The Morgan fingerprint density at radius 2 is 1.97 bits per heavy atom. The molecule has 5 nitrogen and oxygen atoms in total. The first-order chi connectivity index (χ1) is 14.1. The first-order valence-electron chi connectivity index (χ1n) is 9.98. The number of thioether (sulfide) groups is 1. The summed E-state index contributed by atoms with van der Waals surface area (Å²) >= 11 is 13.6. The second-order valence-corrected chi connectivity index (χ2v) is 9.03. The number of anilines is 1. The maximum absolute atomic E-state index is 12.4. The van der Waals surface area contributed by atoms with Crippen molar-refractivity contribution < 1.29 is 4.79 Å². The first kappa shape index (κ1) is 22.2. The molecule has 1 fully saturated rings. The molecule has 3 rings (SSSR count). The van der Waals surface area contributed by atoms with Gasteiger partial charge in [0.15, 0.2) is 5.16 Å². The molecular formula is C21H26Cl2N4OS. The van der Waals surface area contributed by atoms with Gasteiger partial charge < -0.3 is 9.88 Å². The Bertz CT molecular complexity index is 829. The fraction of sp³-hybridized carbons (Fsp3) is 0.476. The van der Waals surface area contributed by atoms with Crippen LogP contribution in [0.25, 0.3) is 0 Å². The average molecular weight is 453 g/mol. The van der Waals surface area contributed by atoms with E-state index in [1.54, 1.807) is 18.2 Å². The fourth-order valence-corrected chi connectivity index (χ4v) is 4.91. The number of allylic oxidation sites excluding steroid dienone is 1. The average Bonchev–Trinajstić information content (AvgIpc) is 3.10. The molecule has 8 heteroatoms. The number of aryl methyl sites for hydroxylation is 1. The van der Waals surface area contributed by atoms with Gasteiger partial charge in [-0.15, -0.1) is 16.8 Å². The molecule has 0 aliphatic heterocycles. The van der Waals surface area contributed by atoms with Gasteiger partial charge in [0, 0.05) is 13.0 Å². The van der Waals surface area contributed by atoms with Gasteiger partial charge in [0.1, 0.15) is 5.82 Å². The predicted octanol–water partition coefficient (Wildman–Crippen LogP) is 6.01. The first-order valence-corrected chi connectivity index (χ1v) is 11.7. The van der Waals surface area contributed by atoms with E-state index < -0.39 is 0 Å². The van der Waals surface area contributed by atoms with Crippen molar-refractivity contribution in [3.05, 3.63) is 46.7 Å². The lowest BCUT2D eigenvalue weighted by Crippen LogP contribution is -2.15. The van der Waals surface area contributed by atoms with Crippen LogP contribution in [-0.4, -0.2) is 26.4 Å². The summed E-state index contributed by atoms with van der Waals surface area (Å²) in [5.74, 6) is 1.76. The van der Waals surface area contributed by atoms with Gasteiger partial charge in [-0.05, 0) is 24.5 Å². The summed E-state index contributed by atoms with van der Waals surface area (Å²) < 4.78 is 2.05. The predicted molar refractivity (Wildman–Crippen MR) is 121 cm³/mol. The van der Waals surface area contributed by atoms with E-state index in [0.717, 1.165) is 29.7 Å². The monoisotopic (exact) mass is 452 g/mol. The molecule has 1 aromatic heterocycles. The molecule has 1 amide bonds. The Morgan fingerprint density at radius 3 is 2.66 bits per heavy atom. The van der Waals surface area contributed by atoms with E-state index >= 15 is 0 Å². The van der Waals surface area contributed by atoms with Crippen molar-refractivity contribution in [1.29, 1.82) is 0 Å². The highest BCUT2D eigenvalue weighted by atomic mass is 35.5. The number of para-hydroxylation sites is 1. The Labute approximate surface area is 186 Å². The van der Waals surface area contributed by atoms with Crippen LogP contribution < -0.4 is 5.32 Å². The second-order valence-electron chi connectivity index (χ2n) is 7.27. The molecule has 156 valence electrons. The van der Waals surface area contributed by atoms with Crippen molar-refractivity contribution >= 4 is 46.6 Å². The minimum absolute atomic E-state index is 0.193.